The molecule has 94 valence electrons. The fourth-order valence-electron chi connectivity index (χ4n) is 2.70. The first kappa shape index (κ1) is 13.5. The van der Waals surface area contributed by atoms with Crippen LogP contribution in [0.15, 0.2) is 0 Å². The van der Waals surface area contributed by atoms with Gasteiger partial charge in [0.2, 0.25) is 0 Å². The number of unbranched alkanes of at least 4 members (excludes halogenated alkanes) is 1. The molecule has 0 amide bonds. The van der Waals surface area contributed by atoms with E-state index in [1.165, 1.54) is 12.8 Å². The molecule has 1 aliphatic heterocycles. The first-order valence-corrected chi connectivity index (χ1v) is 6.69. The van der Waals surface area contributed by atoms with Crippen LogP contribution < -0.4 is 0 Å². The molecule has 16 heavy (non-hydrogen) atoms. The number of rotatable bonds is 6. The van der Waals surface area contributed by atoms with Crippen molar-refractivity contribution in [3.05, 3.63) is 0 Å². The predicted octanol–water partition coefficient (Wildman–Crippen LogP) is 2.89. The maximum absolute atomic E-state index is 11.3. The van der Waals surface area contributed by atoms with Crippen LogP contribution in [0, 0.1) is 0 Å². The van der Waals surface area contributed by atoms with Crippen molar-refractivity contribution in [1.82, 2.24) is 4.90 Å². The van der Waals surface area contributed by atoms with E-state index in [4.69, 9.17) is 0 Å². The van der Waals surface area contributed by atoms with Gasteiger partial charge in [0.05, 0.1) is 0 Å². The molecule has 0 aromatic rings. The minimum Gasteiger partial charge on any atom is -0.480 e. The van der Waals surface area contributed by atoms with Crippen LogP contribution >= 0.6 is 0 Å². The van der Waals surface area contributed by atoms with Crippen LogP contribution in [-0.2, 0) is 4.79 Å². The van der Waals surface area contributed by atoms with Gasteiger partial charge in [0.15, 0.2) is 0 Å². The summed E-state index contributed by atoms with van der Waals surface area (Å²) < 4.78 is 0. The standard InChI is InChI=1S/C13H25NO2/c1-3-5-9-12(13(15)16)14-10-7-6-8-11(14)4-2/h11-12H,3-10H2,1-2H3,(H,15,16). The summed E-state index contributed by atoms with van der Waals surface area (Å²) >= 11 is 0. The molecule has 1 fully saturated rings. The number of likely N-dealkylation sites (tertiary alicyclic amines) is 1. The smallest absolute Gasteiger partial charge is 0.320 e. The maximum Gasteiger partial charge on any atom is 0.320 e. The number of hydrogen-bond acceptors (Lipinski definition) is 2. The normalized spacial score (nSPS) is 24.2. The highest BCUT2D eigenvalue weighted by atomic mass is 16.4. The van der Waals surface area contributed by atoms with Crippen LogP contribution in [0.2, 0.25) is 0 Å². The first-order valence-electron chi connectivity index (χ1n) is 6.69. The summed E-state index contributed by atoms with van der Waals surface area (Å²) in [4.78, 5) is 13.6. The largest absolute Gasteiger partial charge is 0.480 e. The molecular formula is C13H25NO2. The SMILES string of the molecule is CCCCC(C(=O)O)N1CCCCC1CC. The van der Waals surface area contributed by atoms with E-state index in [0.717, 1.165) is 38.6 Å². The number of hydrogen-bond donors (Lipinski definition) is 1. The quantitative estimate of drug-likeness (QED) is 0.758. The molecule has 3 nitrogen and oxygen atoms in total. The summed E-state index contributed by atoms with van der Waals surface area (Å²) in [6.07, 6.45) is 7.57. The molecule has 3 heteroatoms. The van der Waals surface area contributed by atoms with Gasteiger partial charge in [0.1, 0.15) is 6.04 Å². The fraction of sp³-hybridized carbons (Fsp3) is 0.923. The lowest BCUT2D eigenvalue weighted by Gasteiger charge is -2.39. The van der Waals surface area contributed by atoms with Crippen LogP contribution in [0.3, 0.4) is 0 Å². The molecule has 0 aromatic carbocycles. The number of nitrogens with zero attached hydrogens (tertiary/aromatic N) is 1. The van der Waals surface area contributed by atoms with E-state index >= 15 is 0 Å². The Kier molecular flexibility index (Phi) is 5.81. The van der Waals surface area contributed by atoms with Gasteiger partial charge in [0.25, 0.3) is 0 Å². The third-order valence-electron chi connectivity index (χ3n) is 3.66. The first-order chi connectivity index (χ1) is 7.70. The Morgan fingerprint density at radius 3 is 2.75 bits per heavy atom. The van der Waals surface area contributed by atoms with Crippen LogP contribution in [0.25, 0.3) is 0 Å². The number of piperidine rings is 1. The van der Waals surface area contributed by atoms with E-state index in [1.54, 1.807) is 0 Å². The van der Waals surface area contributed by atoms with Crippen molar-refractivity contribution in [2.75, 3.05) is 6.54 Å². The molecule has 1 N–H and O–H groups in total. The molecular weight excluding hydrogens is 202 g/mol. The summed E-state index contributed by atoms with van der Waals surface area (Å²) in [5.74, 6) is -0.631. The van der Waals surface area contributed by atoms with E-state index in [0.29, 0.717) is 6.04 Å². The Morgan fingerprint density at radius 1 is 1.44 bits per heavy atom. The zero-order chi connectivity index (χ0) is 12.0. The number of aliphatic carboxylic acids is 1. The minimum atomic E-state index is -0.631. The number of carboxylic acids is 1. The number of carboxylic acid groups (broad SMARTS) is 1. The van der Waals surface area contributed by atoms with Gasteiger partial charge < -0.3 is 5.11 Å². The molecule has 0 aliphatic carbocycles. The van der Waals surface area contributed by atoms with Gasteiger partial charge in [0, 0.05) is 6.04 Å². The van der Waals surface area contributed by atoms with E-state index in [9.17, 15) is 9.90 Å². The summed E-state index contributed by atoms with van der Waals surface area (Å²) in [6, 6.07) is 0.247. The predicted molar refractivity (Wildman–Crippen MR) is 65.6 cm³/mol. The van der Waals surface area contributed by atoms with E-state index in [1.807, 2.05) is 0 Å². The topological polar surface area (TPSA) is 40.5 Å². The highest BCUT2D eigenvalue weighted by Gasteiger charge is 2.31. The second-order valence-electron chi connectivity index (χ2n) is 4.79. The molecule has 0 aromatic heterocycles. The molecule has 1 rings (SSSR count). The molecule has 1 aliphatic rings. The van der Waals surface area contributed by atoms with E-state index in [2.05, 4.69) is 18.7 Å². The third kappa shape index (κ3) is 3.48. The summed E-state index contributed by atoms with van der Waals surface area (Å²) in [5.41, 5.74) is 0. The Bertz CT molecular complexity index is 218. The van der Waals surface area contributed by atoms with E-state index in [-0.39, 0.29) is 6.04 Å². The van der Waals surface area contributed by atoms with Crippen molar-refractivity contribution in [2.24, 2.45) is 0 Å². The highest BCUT2D eigenvalue weighted by Crippen LogP contribution is 2.24. The van der Waals surface area contributed by atoms with Crippen LogP contribution in [0.1, 0.15) is 58.8 Å². The monoisotopic (exact) mass is 227 g/mol. The number of carbonyl (C=O) groups is 1. The summed E-state index contributed by atoms with van der Waals surface area (Å²) in [7, 11) is 0. The average molecular weight is 227 g/mol. The molecule has 0 saturated carbocycles. The third-order valence-corrected chi connectivity index (χ3v) is 3.66. The van der Waals surface area contributed by atoms with Gasteiger partial charge in [-0.25, -0.2) is 0 Å². The maximum atomic E-state index is 11.3. The van der Waals surface area contributed by atoms with Gasteiger partial charge in [-0.15, -0.1) is 0 Å². The van der Waals surface area contributed by atoms with Crippen LogP contribution in [0.5, 0.6) is 0 Å². The molecule has 1 heterocycles. The van der Waals surface area contributed by atoms with E-state index < -0.39 is 5.97 Å². The zero-order valence-electron chi connectivity index (χ0n) is 10.6. The molecule has 0 bridgehead atoms. The molecule has 0 spiro atoms. The lowest BCUT2D eigenvalue weighted by Crippen LogP contribution is -2.49. The summed E-state index contributed by atoms with van der Waals surface area (Å²) in [5, 5.41) is 9.32. The van der Waals surface area contributed by atoms with Crippen molar-refractivity contribution in [2.45, 2.75) is 70.9 Å². The van der Waals surface area contributed by atoms with Crippen molar-refractivity contribution in [1.29, 1.82) is 0 Å². The highest BCUT2D eigenvalue weighted by molar-refractivity contribution is 5.73. The fourth-order valence-corrected chi connectivity index (χ4v) is 2.70. The van der Waals surface area contributed by atoms with Crippen LogP contribution in [0.4, 0.5) is 0 Å². The van der Waals surface area contributed by atoms with Crippen molar-refractivity contribution < 1.29 is 9.90 Å². The average Bonchev–Trinajstić information content (AvgIpc) is 2.29. The van der Waals surface area contributed by atoms with Gasteiger partial charge >= 0.3 is 5.97 Å². The van der Waals surface area contributed by atoms with Gasteiger partial charge in [-0.05, 0) is 32.2 Å². The Balaban J connectivity index is 2.62. The lowest BCUT2D eigenvalue weighted by atomic mass is 9.96. The van der Waals surface area contributed by atoms with Crippen molar-refractivity contribution in [3.8, 4) is 0 Å². The van der Waals surface area contributed by atoms with Gasteiger partial charge in [-0.2, -0.15) is 0 Å². The Labute approximate surface area is 98.8 Å². The van der Waals surface area contributed by atoms with Crippen molar-refractivity contribution >= 4 is 5.97 Å². The molecule has 0 radical (unpaired) electrons. The van der Waals surface area contributed by atoms with Gasteiger partial charge in [-0.3, -0.25) is 9.69 Å². The molecule has 2 unspecified atom stereocenters. The minimum absolute atomic E-state index is 0.245. The summed E-state index contributed by atoms with van der Waals surface area (Å²) in [6.45, 7) is 5.26. The van der Waals surface area contributed by atoms with Gasteiger partial charge in [-0.1, -0.05) is 33.1 Å². The van der Waals surface area contributed by atoms with Crippen molar-refractivity contribution in [3.63, 3.8) is 0 Å². The van der Waals surface area contributed by atoms with Crippen LogP contribution in [-0.4, -0.2) is 34.6 Å². The molecule has 2 atom stereocenters. The Morgan fingerprint density at radius 2 is 2.19 bits per heavy atom. The second kappa shape index (κ2) is 6.89. The second-order valence-corrected chi connectivity index (χ2v) is 4.79. The Hall–Kier alpha value is -0.570. The lowest BCUT2D eigenvalue weighted by molar-refractivity contribution is -0.145. The molecule has 1 saturated heterocycles. The zero-order valence-corrected chi connectivity index (χ0v) is 10.6.